The molecule has 2 amide bonds. The Bertz CT molecular complexity index is 454. The van der Waals surface area contributed by atoms with Crippen LogP contribution in [0.5, 0.6) is 0 Å². The van der Waals surface area contributed by atoms with E-state index >= 15 is 0 Å². The molecule has 2 unspecified atom stereocenters. The lowest BCUT2D eigenvalue weighted by molar-refractivity contribution is -0.139. The summed E-state index contributed by atoms with van der Waals surface area (Å²) in [6, 6.07) is 0. The lowest BCUT2D eigenvalue weighted by atomic mass is 10.00. The Balaban J connectivity index is 1.98. The number of nitrogens with zero attached hydrogens (tertiary/aromatic N) is 2. The predicted molar refractivity (Wildman–Crippen MR) is 70.4 cm³/mol. The van der Waals surface area contributed by atoms with E-state index in [0.29, 0.717) is 18.8 Å². The Morgan fingerprint density at radius 2 is 1.94 bits per heavy atom. The Labute approximate surface area is 115 Å². The number of halogens is 1. The lowest BCUT2D eigenvalue weighted by Gasteiger charge is -2.13. The molecule has 0 spiro atoms. The molecule has 0 bridgehead atoms. The summed E-state index contributed by atoms with van der Waals surface area (Å²) in [5.74, 6) is -0.144. The van der Waals surface area contributed by atoms with Crippen molar-refractivity contribution in [3.63, 3.8) is 0 Å². The van der Waals surface area contributed by atoms with E-state index in [1.807, 2.05) is 5.38 Å². The molecule has 0 aliphatic carbocycles. The summed E-state index contributed by atoms with van der Waals surface area (Å²) in [7, 11) is 0. The van der Waals surface area contributed by atoms with Crippen LogP contribution in [-0.2, 0) is 21.9 Å². The fraction of sp³-hybridized carbons (Fsp3) is 0.583. The highest BCUT2D eigenvalue weighted by molar-refractivity contribution is 7.09. The molecule has 2 heterocycles. The third-order valence-electron chi connectivity index (χ3n) is 3.35. The molecule has 1 aliphatic rings. The summed E-state index contributed by atoms with van der Waals surface area (Å²) >= 11 is 7.19. The van der Waals surface area contributed by atoms with Crippen molar-refractivity contribution >= 4 is 34.8 Å². The Hall–Kier alpha value is -0.940. The number of imide groups is 1. The van der Waals surface area contributed by atoms with Gasteiger partial charge in [-0.05, 0) is 0 Å². The molecule has 0 radical (unpaired) electrons. The molecule has 2 rings (SSSR count). The van der Waals surface area contributed by atoms with Gasteiger partial charge in [-0.3, -0.25) is 14.5 Å². The minimum atomic E-state index is -0.202. The lowest BCUT2D eigenvalue weighted by Crippen LogP contribution is -2.32. The van der Waals surface area contributed by atoms with Crippen LogP contribution in [0, 0.1) is 11.8 Å². The third-order valence-corrected chi connectivity index (χ3v) is 4.58. The van der Waals surface area contributed by atoms with Gasteiger partial charge in [-0.15, -0.1) is 22.9 Å². The third kappa shape index (κ3) is 2.42. The van der Waals surface area contributed by atoms with Gasteiger partial charge < -0.3 is 0 Å². The average molecular weight is 287 g/mol. The molecule has 1 aromatic heterocycles. The number of hydrogen-bond donors (Lipinski definition) is 0. The van der Waals surface area contributed by atoms with Gasteiger partial charge in [0.05, 0.1) is 16.6 Å². The number of amides is 2. The second-order valence-electron chi connectivity index (χ2n) is 4.52. The second-order valence-corrected chi connectivity index (χ2v) is 5.73. The van der Waals surface area contributed by atoms with Crippen LogP contribution in [0.4, 0.5) is 0 Å². The largest absolute Gasteiger partial charge is 0.282 e. The zero-order chi connectivity index (χ0) is 13.3. The summed E-state index contributed by atoms with van der Waals surface area (Å²) < 4.78 is 0. The van der Waals surface area contributed by atoms with Crippen LogP contribution < -0.4 is 0 Å². The highest BCUT2D eigenvalue weighted by Crippen LogP contribution is 2.25. The summed E-state index contributed by atoms with van der Waals surface area (Å²) in [5, 5.41) is 2.82. The molecule has 0 N–H and O–H groups in total. The van der Waals surface area contributed by atoms with Crippen LogP contribution in [0.25, 0.3) is 0 Å². The van der Waals surface area contributed by atoms with E-state index in [1.54, 1.807) is 13.8 Å². The molecule has 98 valence electrons. The molecule has 0 aromatic carbocycles. The Kier molecular flexibility index (Phi) is 4.02. The average Bonchev–Trinajstić information content (AvgIpc) is 2.90. The van der Waals surface area contributed by atoms with Crippen molar-refractivity contribution in [2.45, 2.75) is 26.1 Å². The number of alkyl halides is 1. The van der Waals surface area contributed by atoms with E-state index in [4.69, 9.17) is 11.6 Å². The van der Waals surface area contributed by atoms with E-state index in [1.165, 1.54) is 16.2 Å². The zero-order valence-corrected chi connectivity index (χ0v) is 11.9. The van der Waals surface area contributed by atoms with Gasteiger partial charge in [-0.1, -0.05) is 13.8 Å². The molecule has 2 atom stereocenters. The van der Waals surface area contributed by atoms with Gasteiger partial charge >= 0.3 is 0 Å². The molecule has 1 fully saturated rings. The van der Waals surface area contributed by atoms with E-state index in [2.05, 4.69) is 4.98 Å². The van der Waals surface area contributed by atoms with Gasteiger partial charge in [-0.25, -0.2) is 4.98 Å². The molecule has 1 aromatic rings. The fourth-order valence-electron chi connectivity index (χ4n) is 1.98. The summed E-state index contributed by atoms with van der Waals surface area (Å²) in [6.07, 6.45) is 0.610. The van der Waals surface area contributed by atoms with E-state index in [0.717, 1.165) is 10.7 Å². The topological polar surface area (TPSA) is 50.3 Å². The summed E-state index contributed by atoms with van der Waals surface area (Å²) in [5.41, 5.74) is 0.845. The molecule has 1 aliphatic heterocycles. The number of thiazole rings is 1. The Morgan fingerprint density at radius 3 is 2.44 bits per heavy atom. The number of aromatic nitrogens is 1. The van der Waals surface area contributed by atoms with Crippen molar-refractivity contribution in [1.29, 1.82) is 0 Å². The number of carbonyl (C=O) groups excluding carboxylic acids is 2. The monoisotopic (exact) mass is 286 g/mol. The minimum absolute atomic E-state index is 0.0679. The van der Waals surface area contributed by atoms with Gasteiger partial charge in [0.2, 0.25) is 11.8 Å². The first kappa shape index (κ1) is 13.5. The Morgan fingerprint density at radius 1 is 1.33 bits per heavy atom. The van der Waals surface area contributed by atoms with Gasteiger partial charge in [0, 0.05) is 30.2 Å². The quantitative estimate of drug-likeness (QED) is 0.629. The van der Waals surface area contributed by atoms with Crippen molar-refractivity contribution in [3.05, 3.63) is 16.1 Å². The highest BCUT2D eigenvalue weighted by atomic mass is 35.5. The van der Waals surface area contributed by atoms with Crippen molar-refractivity contribution in [3.8, 4) is 0 Å². The smallest absolute Gasteiger partial charge is 0.232 e. The molecule has 0 saturated carbocycles. The fourth-order valence-corrected chi connectivity index (χ4v) is 3.00. The van der Waals surface area contributed by atoms with Crippen LogP contribution in [0.1, 0.15) is 24.5 Å². The van der Waals surface area contributed by atoms with Crippen molar-refractivity contribution < 1.29 is 9.59 Å². The molecule has 1 saturated heterocycles. The molecule has 4 nitrogen and oxygen atoms in total. The van der Waals surface area contributed by atoms with Crippen LogP contribution in [0.2, 0.25) is 0 Å². The molecule has 6 heteroatoms. The molecular formula is C12H15ClN2O2S. The van der Waals surface area contributed by atoms with Crippen LogP contribution >= 0.6 is 22.9 Å². The van der Waals surface area contributed by atoms with Crippen LogP contribution in [0.3, 0.4) is 0 Å². The van der Waals surface area contributed by atoms with Crippen LogP contribution in [0.15, 0.2) is 5.38 Å². The molecule has 18 heavy (non-hydrogen) atoms. The number of carbonyl (C=O) groups is 2. The SMILES string of the molecule is CC1C(=O)N(CCc2nc(CCl)cs2)C(=O)C1C. The standard InChI is InChI=1S/C12H15ClN2O2S/c1-7-8(2)12(17)15(11(7)16)4-3-10-14-9(5-13)6-18-10/h6-8H,3-5H2,1-2H3. The maximum atomic E-state index is 11.9. The van der Waals surface area contributed by atoms with Gasteiger partial charge in [-0.2, -0.15) is 0 Å². The number of hydrogen-bond acceptors (Lipinski definition) is 4. The first-order valence-electron chi connectivity index (χ1n) is 5.89. The summed E-state index contributed by atoms with van der Waals surface area (Å²) in [6.45, 7) is 4.03. The predicted octanol–water partition coefficient (Wildman–Crippen LogP) is 2.07. The second kappa shape index (κ2) is 5.36. The number of likely N-dealkylation sites (tertiary alicyclic amines) is 1. The normalized spacial score (nSPS) is 24.1. The minimum Gasteiger partial charge on any atom is -0.282 e. The van der Waals surface area contributed by atoms with Crippen molar-refractivity contribution in [1.82, 2.24) is 9.88 Å². The summed E-state index contributed by atoms with van der Waals surface area (Å²) in [4.78, 5) is 29.4. The first-order valence-corrected chi connectivity index (χ1v) is 7.30. The van der Waals surface area contributed by atoms with E-state index in [-0.39, 0.29) is 23.7 Å². The van der Waals surface area contributed by atoms with E-state index in [9.17, 15) is 9.59 Å². The first-order chi connectivity index (χ1) is 8.54. The van der Waals surface area contributed by atoms with Gasteiger partial charge in [0.15, 0.2) is 0 Å². The molecular weight excluding hydrogens is 272 g/mol. The van der Waals surface area contributed by atoms with Gasteiger partial charge in [0.1, 0.15) is 0 Å². The van der Waals surface area contributed by atoms with Crippen molar-refractivity contribution in [2.75, 3.05) is 6.54 Å². The maximum Gasteiger partial charge on any atom is 0.232 e. The van der Waals surface area contributed by atoms with Crippen LogP contribution in [-0.4, -0.2) is 28.2 Å². The zero-order valence-electron chi connectivity index (χ0n) is 10.4. The van der Waals surface area contributed by atoms with E-state index < -0.39 is 0 Å². The van der Waals surface area contributed by atoms with Gasteiger partial charge in [0.25, 0.3) is 0 Å². The maximum absolute atomic E-state index is 11.9. The highest BCUT2D eigenvalue weighted by Gasteiger charge is 2.41. The van der Waals surface area contributed by atoms with Crippen molar-refractivity contribution in [2.24, 2.45) is 11.8 Å². The number of rotatable bonds is 4.